The normalized spacial score (nSPS) is 12.3. The van der Waals surface area contributed by atoms with Crippen molar-refractivity contribution in [1.29, 1.82) is 0 Å². The lowest BCUT2D eigenvalue weighted by Crippen LogP contribution is -2.21. The van der Waals surface area contributed by atoms with E-state index in [1.54, 1.807) is 0 Å². The largest absolute Gasteiger partial charge is 0.310 e. The molecule has 0 heterocycles. The molecule has 0 bridgehead atoms. The van der Waals surface area contributed by atoms with Gasteiger partial charge < -0.3 is 5.32 Å². The van der Waals surface area contributed by atoms with E-state index in [2.05, 4.69) is 74.6 Å². The molecule has 1 atom stereocenters. The van der Waals surface area contributed by atoms with Gasteiger partial charge in [0, 0.05) is 15.8 Å². The van der Waals surface area contributed by atoms with Crippen molar-refractivity contribution in [2.45, 2.75) is 49.4 Å². The van der Waals surface area contributed by atoms with Crippen molar-refractivity contribution in [2.75, 3.05) is 6.54 Å². The predicted octanol–water partition coefficient (Wildman–Crippen LogP) is 5.60. The minimum absolute atomic E-state index is 0.444. The summed E-state index contributed by atoms with van der Waals surface area (Å²) in [6.07, 6.45) is 2.29. The molecule has 0 spiro atoms. The van der Waals surface area contributed by atoms with Crippen LogP contribution in [0.4, 0.5) is 0 Å². The first-order valence-electron chi connectivity index (χ1n) is 7.81. The molecular formula is C19H25NS. The molecular weight excluding hydrogens is 274 g/mol. The summed E-state index contributed by atoms with van der Waals surface area (Å²) >= 11 is 1.86. The van der Waals surface area contributed by atoms with Gasteiger partial charge in [-0.05, 0) is 50.1 Å². The molecule has 0 aromatic heterocycles. The first-order chi connectivity index (χ1) is 10.2. The van der Waals surface area contributed by atoms with E-state index < -0.39 is 0 Å². The number of hydrogen-bond donors (Lipinski definition) is 1. The Labute approximate surface area is 133 Å². The van der Waals surface area contributed by atoms with E-state index in [1.165, 1.54) is 27.3 Å². The Balaban J connectivity index is 2.21. The van der Waals surface area contributed by atoms with Crippen molar-refractivity contribution in [3.63, 3.8) is 0 Å². The maximum atomic E-state index is 3.66. The monoisotopic (exact) mass is 299 g/mol. The number of benzene rings is 2. The van der Waals surface area contributed by atoms with Crippen LogP contribution in [-0.4, -0.2) is 6.54 Å². The van der Waals surface area contributed by atoms with Gasteiger partial charge in [-0.15, -0.1) is 0 Å². The van der Waals surface area contributed by atoms with Crippen molar-refractivity contribution in [2.24, 2.45) is 0 Å². The summed E-state index contributed by atoms with van der Waals surface area (Å²) in [6, 6.07) is 18.0. The van der Waals surface area contributed by atoms with Crippen molar-refractivity contribution < 1.29 is 0 Å². The van der Waals surface area contributed by atoms with E-state index in [4.69, 9.17) is 0 Å². The Morgan fingerprint density at radius 2 is 1.71 bits per heavy atom. The van der Waals surface area contributed by atoms with E-state index in [0.29, 0.717) is 6.04 Å². The Bertz CT molecular complexity index is 548. The summed E-state index contributed by atoms with van der Waals surface area (Å²) in [5, 5.41) is 3.66. The van der Waals surface area contributed by atoms with Gasteiger partial charge in [0.05, 0.1) is 0 Å². The second-order valence-corrected chi connectivity index (χ2v) is 6.48. The smallest absolute Gasteiger partial charge is 0.0328 e. The number of rotatable bonds is 7. The van der Waals surface area contributed by atoms with E-state index in [1.807, 2.05) is 11.8 Å². The average Bonchev–Trinajstić information content (AvgIpc) is 2.52. The van der Waals surface area contributed by atoms with Gasteiger partial charge >= 0.3 is 0 Å². The Kier molecular flexibility index (Phi) is 6.34. The molecule has 0 aliphatic heterocycles. The summed E-state index contributed by atoms with van der Waals surface area (Å²) in [4.78, 5) is 2.66. The van der Waals surface area contributed by atoms with Crippen LogP contribution in [-0.2, 0) is 0 Å². The van der Waals surface area contributed by atoms with Crippen molar-refractivity contribution >= 4 is 11.8 Å². The van der Waals surface area contributed by atoms with Gasteiger partial charge in [-0.3, -0.25) is 0 Å². The molecule has 2 heteroatoms. The zero-order valence-corrected chi connectivity index (χ0v) is 14.0. The van der Waals surface area contributed by atoms with Crippen LogP contribution in [0.3, 0.4) is 0 Å². The number of aryl methyl sites for hydroxylation is 1. The summed E-state index contributed by atoms with van der Waals surface area (Å²) < 4.78 is 0. The molecule has 0 aliphatic rings. The summed E-state index contributed by atoms with van der Waals surface area (Å²) in [5.41, 5.74) is 2.72. The molecule has 0 saturated carbocycles. The van der Waals surface area contributed by atoms with E-state index in [9.17, 15) is 0 Å². The molecule has 0 saturated heterocycles. The van der Waals surface area contributed by atoms with E-state index in [-0.39, 0.29) is 0 Å². The zero-order chi connectivity index (χ0) is 15.1. The number of hydrogen-bond acceptors (Lipinski definition) is 2. The van der Waals surface area contributed by atoms with Crippen molar-refractivity contribution in [1.82, 2.24) is 5.32 Å². The molecule has 0 fully saturated rings. The fourth-order valence-electron chi connectivity index (χ4n) is 2.39. The van der Waals surface area contributed by atoms with Crippen LogP contribution in [0.2, 0.25) is 0 Å². The maximum absolute atomic E-state index is 3.66. The second-order valence-electron chi connectivity index (χ2n) is 5.37. The fourth-order valence-corrected chi connectivity index (χ4v) is 3.39. The van der Waals surface area contributed by atoms with E-state index in [0.717, 1.165) is 13.0 Å². The minimum Gasteiger partial charge on any atom is -0.310 e. The topological polar surface area (TPSA) is 12.0 Å². The molecule has 2 aromatic rings. The van der Waals surface area contributed by atoms with Gasteiger partial charge in [0.25, 0.3) is 0 Å². The number of nitrogens with one attached hydrogen (secondary N) is 1. The highest BCUT2D eigenvalue weighted by Gasteiger charge is 2.13. The molecule has 112 valence electrons. The lowest BCUT2D eigenvalue weighted by molar-refractivity contribution is 0.512. The maximum Gasteiger partial charge on any atom is 0.0328 e. The quantitative estimate of drug-likeness (QED) is 0.714. The molecule has 1 N–H and O–H groups in total. The van der Waals surface area contributed by atoms with Gasteiger partial charge in [0.2, 0.25) is 0 Å². The van der Waals surface area contributed by atoms with Crippen LogP contribution in [0.1, 0.15) is 43.9 Å². The highest BCUT2D eigenvalue weighted by molar-refractivity contribution is 7.99. The van der Waals surface area contributed by atoms with Crippen LogP contribution in [0, 0.1) is 6.92 Å². The Morgan fingerprint density at radius 3 is 2.38 bits per heavy atom. The summed E-state index contributed by atoms with van der Waals surface area (Å²) in [5.74, 6) is 0. The van der Waals surface area contributed by atoms with E-state index >= 15 is 0 Å². The first-order valence-corrected chi connectivity index (χ1v) is 8.63. The second kappa shape index (κ2) is 8.26. The molecule has 2 rings (SSSR count). The zero-order valence-electron chi connectivity index (χ0n) is 13.2. The standard InChI is InChI=1S/C19H25NS/c1-4-14-20-18(5-2)17-8-6-7-9-19(17)21-16-12-10-15(3)11-13-16/h6-13,18,20H,4-5,14H2,1-3H3. The highest BCUT2D eigenvalue weighted by Crippen LogP contribution is 2.34. The summed E-state index contributed by atoms with van der Waals surface area (Å²) in [7, 11) is 0. The molecule has 2 aromatic carbocycles. The van der Waals surface area contributed by atoms with Gasteiger partial charge in [-0.2, -0.15) is 0 Å². The summed E-state index contributed by atoms with van der Waals surface area (Å²) in [6.45, 7) is 7.67. The van der Waals surface area contributed by atoms with Crippen LogP contribution in [0.5, 0.6) is 0 Å². The third kappa shape index (κ3) is 4.62. The Morgan fingerprint density at radius 1 is 1.00 bits per heavy atom. The minimum atomic E-state index is 0.444. The first kappa shape index (κ1) is 16.1. The van der Waals surface area contributed by atoms with Crippen LogP contribution in [0.15, 0.2) is 58.3 Å². The van der Waals surface area contributed by atoms with Crippen LogP contribution >= 0.6 is 11.8 Å². The molecule has 0 radical (unpaired) electrons. The molecule has 1 unspecified atom stereocenters. The highest BCUT2D eigenvalue weighted by atomic mass is 32.2. The predicted molar refractivity (Wildman–Crippen MR) is 93.1 cm³/mol. The Hall–Kier alpha value is -1.25. The van der Waals surface area contributed by atoms with Gasteiger partial charge in [-0.1, -0.05) is 61.5 Å². The molecule has 1 nitrogen and oxygen atoms in total. The van der Waals surface area contributed by atoms with Gasteiger partial charge in [0.15, 0.2) is 0 Å². The molecule has 0 amide bonds. The third-order valence-electron chi connectivity index (χ3n) is 3.59. The fraction of sp³-hybridized carbons (Fsp3) is 0.368. The molecule has 21 heavy (non-hydrogen) atoms. The van der Waals surface area contributed by atoms with Crippen molar-refractivity contribution in [3.8, 4) is 0 Å². The third-order valence-corrected chi connectivity index (χ3v) is 4.69. The average molecular weight is 299 g/mol. The van der Waals surface area contributed by atoms with Crippen LogP contribution < -0.4 is 5.32 Å². The van der Waals surface area contributed by atoms with Crippen molar-refractivity contribution in [3.05, 3.63) is 59.7 Å². The lowest BCUT2D eigenvalue weighted by atomic mass is 10.0. The van der Waals surface area contributed by atoms with Gasteiger partial charge in [-0.25, -0.2) is 0 Å². The SMILES string of the molecule is CCCNC(CC)c1ccccc1Sc1ccc(C)cc1. The van der Waals surface area contributed by atoms with Crippen LogP contribution in [0.25, 0.3) is 0 Å². The van der Waals surface area contributed by atoms with Gasteiger partial charge in [0.1, 0.15) is 0 Å². The lowest BCUT2D eigenvalue weighted by Gasteiger charge is -2.20. The molecule has 0 aliphatic carbocycles.